The molecule has 1 atom stereocenters. The zero-order valence-electron chi connectivity index (χ0n) is 12.7. The van der Waals surface area contributed by atoms with Crippen LogP contribution in [-0.4, -0.2) is 59.0 Å². The molecule has 1 saturated heterocycles. The van der Waals surface area contributed by atoms with Crippen LogP contribution < -0.4 is 5.32 Å². The van der Waals surface area contributed by atoms with Gasteiger partial charge in [0.05, 0.1) is 12.8 Å². The first-order chi connectivity index (χ1) is 11.2. The first-order valence-electron chi connectivity index (χ1n) is 7.66. The van der Waals surface area contributed by atoms with Crippen LogP contribution in [0.25, 0.3) is 10.8 Å². The van der Waals surface area contributed by atoms with Crippen molar-refractivity contribution in [3.63, 3.8) is 0 Å². The highest BCUT2D eigenvalue weighted by atomic mass is 19.3. The lowest BCUT2D eigenvalue weighted by molar-refractivity contribution is -0.132. The summed E-state index contributed by atoms with van der Waals surface area (Å²) in [7, 11) is 0. The normalized spacial score (nSPS) is 19.3. The maximum absolute atomic E-state index is 12.0. The van der Waals surface area contributed by atoms with E-state index in [1.807, 2.05) is 6.07 Å². The molecule has 1 aliphatic rings. The predicted molar refractivity (Wildman–Crippen MR) is 82.4 cm³/mol. The van der Waals surface area contributed by atoms with Gasteiger partial charge < -0.3 is 10.1 Å². The second-order valence-corrected chi connectivity index (χ2v) is 5.57. The summed E-state index contributed by atoms with van der Waals surface area (Å²) in [4.78, 5) is 6.26. The number of alkyl halides is 2. The van der Waals surface area contributed by atoms with Crippen LogP contribution >= 0.6 is 0 Å². The van der Waals surface area contributed by atoms with Crippen molar-refractivity contribution in [1.82, 2.24) is 20.1 Å². The molecule has 0 radical (unpaired) electrons. The molecule has 1 fully saturated rings. The summed E-state index contributed by atoms with van der Waals surface area (Å²) in [5.74, 6) is 0.714. The monoisotopic (exact) mass is 323 g/mol. The molecule has 2 aromatic rings. The van der Waals surface area contributed by atoms with Gasteiger partial charge in [-0.1, -0.05) is 0 Å². The number of hydrogen-bond donors (Lipinski definition) is 1. The molecule has 0 aliphatic carbocycles. The van der Waals surface area contributed by atoms with Gasteiger partial charge in [0.15, 0.2) is 5.82 Å². The average molecular weight is 323 g/mol. The summed E-state index contributed by atoms with van der Waals surface area (Å²) in [6.07, 6.45) is 7.20. The van der Waals surface area contributed by atoms with Crippen LogP contribution in [0.3, 0.4) is 0 Å². The molecule has 3 heterocycles. The van der Waals surface area contributed by atoms with Crippen molar-refractivity contribution >= 4 is 16.6 Å². The summed E-state index contributed by atoms with van der Waals surface area (Å²) in [6, 6.07) is 2.10. The molecule has 0 bridgehead atoms. The van der Waals surface area contributed by atoms with Crippen LogP contribution in [0.15, 0.2) is 24.7 Å². The number of nitrogens with one attached hydrogen (secondary N) is 1. The van der Waals surface area contributed by atoms with Crippen LogP contribution in [0.2, 0.25) is 0 Å². The highest BCUT2D eigenvalue weighted by Crippen LogP contribution is 2.21. The van der Waals surface area contributed by atoms with Crippen LogP contribution in [0.1, 0.15) is 12.8 Å². The zero-order chi connectivity index (χ0) is 16.1. The highest BCUT2D eigenvalue weighted by molar-refractivity contribution is 5.90. The third-order valence-corrected chi connectivity index (χ3v) is 3.96. The van der Waals surface area contributed by atoms with Crippen LogP contribution in [0.4, 0.5) is 14.6 Å². The van der Waals surface area contributed by atoms with E-state index in [1.54, 1.807) is 18.6 Å². The van der Waals surface area contributed by atoms with Gasteiger partial charge in [-0.3, -0.25) is 9.88 Å². The van der Waals surface area contributed by atoms with E-state index in [9.17, 15) is 8.78 Å². The lowest BCUT2D eigenvalue weighted by Crippen LogP contribution is -2.43. The first-order valence-corrected chi connectivity index (χ1v) is 7.66. The van der Waals surface area contributed by atoms with Crippen LogP contribution in [0, 0.1) is 0 Å². The average Bonchev–Trinajstić information content (AvgIpc) is 2.55. The molecule has 124 valence electrons. The number of nitrogens with zero attached hydrogens (tertiary/aromatic N) is 4. The van der Waals surface area contributed by atoms with E-state index in [1.165, 1.54) is 0 Å². The number of ether oxygens (including phenoxy) is 1. The Balaban J connectivity index is 1.60. The fourth-order valence-corrected chi connectivity index (χ4v) is 2.87. The molecule has 0 amide bonds. The Morgan fingerprint density at radius 2 is 2.30 bits per heavy atom. The Morgan fingerprint density at radius 3 is 3.17 bits per heavy atom. The third kappa shape index (κ3) is 4.29. The first kappa shape index (κ1) is 15.9. The minimum Gasteiger partial charge on any atom is -0.364 e. The Bertz CT molecular complexity index is 637. The van der Waals surface area contributed by atoms with E-state index in [0.29, 0.717) is 12.4 Å². The molecule has 1 aliphatic heterocycles. The summed E-state index contributed by atoms with van der Waals surface area (Å²) in [5, 5.41) is 13.5. The lowest BCUT2D eigenvalue weighted by Gasteiger charge is -2.33. The van der Waals surface area contributed by atoms with E-state index in [2.05, 4.69) is 30.1 Å². The number of aromatic nitrogens is 3. The fraction of sp³-hybridized carbons (Fsp3) is 0.533. The van der Waals surface area contributed by atoms with Crippen molar-refractivity contribution in [2.75, 3.05) is 31.6 Å². The van der Waals surface area contributed by atoms with Gasteiger partial charge in [-0.05, 0) is 25.5 Å². The molecule has 0 unspecified atom stereocenters. The number of halogens is 2. The van der Waals surface area contributed by atoms with Gasteiger partial charge in [0.25, 0.3) is 0 Å². The molecule has 1 N–H and O–H groups in total. The van der Waals surface area contributed by atoms with E-state index < -0.39 is 6.61 Å². The standard InChI is InChI=1S/C15H19F2N5O/c16-15(17)23-7-6-22-5-1-2-12(10-22)20-14-13-9-18-4-3-11(13)8-19-21-14/h3-4,8-9,12,15H,1-2,5-7,10H2,(H,20,21)/t12-/m1/s1. The van der Waals surface area contributed by atoms with Gasteiger partial charge in [0.1, 0.15) is 0 Å². The van der Waals surface area contributed by atoms with Gasteiger partial charge in [0.2, 0.25) is 0 Å². The van der Waals surface area contributed by atoms with E-state index >= 15 is 0 Å². The van der Waals surface area contributed by atoms with Crippen LogP contribution in [0.5, 0.6) is 0 Å². The number of rotatable bonds is 6. The summed E-state index contributed by atoms with van der Waals surface area (Å²) in [6.45, 7) is -0.487. The lowest BCUT2D eigenvalue weighted by atomic mass is 10.1. The maximum atomic E-state index is 12.0. The van der Waals surface area contributed by atoms with Gasteiger partial charge in [-0.2, -0.15) is 13.9 Å². The fourth-order valence-electron chi connectivity index (χ4n) is 2.87. The molecule has 6 nitrogen and oxygen atoms in total. The van der Waals surface area contributed by atoms with Crippen LogP contribution in [-0.2, 0) is 4.74 Å². The van der Waals surface area contributed by atoms with Gasteiger partial charge in [0, 0.05) is 42.3 Å². The summed E-state index contributed by atoms with van der Waals surface area (Å²) in [5.41, 5.74) is 0. The molecule has 0 aromatic carbocycles. The minimum absolute atomic E-state index is 0.0440. The Hall–Kier alpha value is -1.93. The topological polar surface area (TPSA) is 63.2 Å². The Labute approximate surface area is 132 Å². The number of piperidine rings is 1. The highest BCUT2D eigenvalue weighted by Gasteiger charge is 2.21. The maximum Gasteiger partial charge on any atom is 0.345 e. The number of fused-ring (bicyclic) bond motifs is 1. The molecule has 0 saturated carbocycles. The SMILES string of the molecule is FC(F)OCCN1CCC[C@@H](Nc2nncc3ccncc23)C1. The Morgan fingerprint density at radius 1 is 1.39 bits per heavy atom. The van der Waals surface area contributed by atoms with Gasteiger partial charge in [-0.15, -0.1) is 5.10 Å². The van der Waals surface area contributed by atoms with Crippen molar-refractivity contribution in [3.05, 3.63) is 24.7 Å². The summed E-state index contributed by atoms with van der Waals surface area (Å²) < 4.78 is 28.4. The van der Waals surface area contributed by atoms with Gasteiger partial charge in [-0.25, -0.2) is 0 Å². The number of hydrogen-bond acceptors (Lipinski definition) is 6. The minimum atomic E-state index is -2.70. The number of pyridine rings is 1. The molecular formula is C15H19F2N5O. The number of likely N-dealkylation sites (tertiary alicyclic amines) is 1. The second-order valence-electron chi connectivity index (χ2n) is 5.57. The van der Waals surface area contributed by atoms with Crippen molar-refractivity contribution in [2.24, 2.45) is 0 Å². The van der Waals surface area contributed by atoms with E-state index in [-0.39, 0.29) is 12.6 Å². The zero-order valence-corrected chi connectivity index (χ0v) is 12.7. The second kappa shape index (κ2) is 7.56. The van der Waals surface area contributed by atoms with Crippen molar-refractivity contribution in [2.45, 2.75) is 25.5 Å². The quantitative estimate of drug-likeness (QED) is 0.879. The molecule has 0 spiro atoms. The van der Waals surface area contributed by atoms with Crippen molar-refractivity contribution in [1.29, 1.82) is 0 Å². The molecule has 23 heavy (non-hydrogen) atoms. The largest absolute Gasteiger partial charge is 0.364 e. The smallest absolute Gasteiger partial charge is 0.345 e. The molecule has 2 aromatic heterocycles. The summed E-state index contributed by atoms with van der Waals surface area (Å²) >= 11 is 0. The van der Waals surface area contributed by atoms with Gasteiger partial charge >= 0.3 is 6.61 Å². The van der Waals surface area contributed by atoms with E-state index in [0.717, 1.165) is 36.7 Å². The third-order valence-electron chi connectivity index (χ3n) is 3.96. The number of anilines is 1. The van der Waals surface area contributed by atoms with E-state index in [4.69, 9.17) is 0 Å². The Kier molecular flexibility index (Phi) is 5.24. The van der Waals surface area contributed by atoms with Crippen molar-refractivity contribution in [3.8, 4) is 0 Å². The molecule has 8 heteroatoms. The molecule has 3 rings (SSSR count). The predicted octanol–water partition coefficient (Wildman–Crippen LogP) is 2.14. The molecular weight excluding hydrogens is 304 g/mol. The van der Waals surface area contributed by atoms with Crippen molar-refractivity contribution < 1.29 is 13.5 Å².